The van der Waals surface area contributed by atoms with Crippen molar-refractivity contribution in [2.45, 2.75) is 62.8 Å². The molecule has 3 N–H and O–H groups in total. The Labute approximate surface area is 228 Å². The fourth-order valence-electron chi connectivity index (χ4n) is 6.22. The van der Waals surface area contributed by atoms with Gasteiger partial charge in [0.05, 0.1) is 42.3 Å². The number of amidine groups is 1. The Morgan fingerprint density at radius 2 is 1.82 bits per heavy atom. The molecule has 214 valence electrons. The Morgan fingerprint density at radius 3 is 2.50 bits per heavy atom. The molecule has 1 spiro atoms. The van der Waals surface area contributed by atoms with Gasteiger partial charge in [0.1, 0.15) is 17.7 Å². The average Bonchev–Trinajstić information content (AvgIpc) is 3.68. The number of aromatic nitrogens is 4. The summed E-state index contributed by atoms with van der Waals surface area (Å²) in [6, 6.07) is -2.36. The van der Waals surface area contributed by atoms with Gasteiger partial charge in [-0.15, -0.1) is 0 Å². The summed E-state index contributed by atoms with van der Waals surface area (Å²) in [6.45, 7) is 2.19. The zero-order chi connectivity index (χ0) is 28.1. The third kappa shape index (κ3) is 4.45. The number of amides is 1. The van der Waals surface area contributed by atoms with Crippen LogP contribution in [0.2, 0.25) is 0 Å². The quantitative estimate of drug-likeness (QED) is 0.422. The van der Waals surface area contributed by atoms with Crippen molar-refractivity contribution in [1.82, 2.24) is 24.8 Å². The fourth-order valence-corrected chi connectivity index (χ4v) is 6.22. The highest BCUT2D eigenvalue weighted by Gasteiger charge is 2.55. The van der Waals surface area contributed by atoms with Crippen molar-refractivity contribution in [3.05, 3.63) is 23.8 Å². The van der Waals surface area contributed by atoms with Gasteiger partial charge in [-0.2, -0.15) is 13.2 Å². The monoisotopic (exact) mass is 561 g/mol. The van der Waals surface area contributed by atoms with E-state index in [1.54, 1.807) is 12.4 Å². The Morgan fingerprint density at radius 1 is 1.12 bits per heavy atom. The van der Waals surface area contributed by atoms with E-state index in [-0.39, 0.29) is 37.1 Å². The summed E-state index contributed by atoms with van der Waals surface area (Å²) >= 11 is 0. The van der Waals surface area contributed by atoms with E-state index in [1.165, 1.54) is 4.90 Å². The van der Waals surface area contributed by atoms with E-state index in [4.69, 9.17) is 20.6 Å². The van der Waals surface area contributed by atoms with Gasteiger partial charge in [-0.25, -0.2) is 19.9 Å². The van der Waals surface area contributed by atoms with Crippen LogP contribution in [-0.2, 0) is 26.3 Å². The molecule has 3 aliphatic heterocycles. The number of halogens is 3. The first-order valence-corrected chi connectivity index (χ1v) is 13.4. The molecule has 12 nitrogen and oxygen atoms in total. The summed E-state index contributed by atoms with van der Waals surface area (Å²) in [5.74, 6) is 0.820. The number of carbonyl (C=O) groups excluding carboxylic acids is 1. The third-order valence-corrected chi connectivity index (χ3v) is 8.13. The average molecular weight is 562 g/mol. The molecule has 15 heteroatoms. The number of anilines is 4. The van der Waals surface area contributed by atoms with Crippen LogP contribution in [0.15, 0.2) is 12.4 Å². The van der Waals surface area contributed by atoms with E-state index < -0.39 is 23.7 Å². The van der Waals surface area contributed by atoms with Crippen LogP contribution in [0.1, 0.15) is 49.9 Å². The van der Waals surface area contributed by atoms with Crippen LogP contribution in [-0.4, -0.2) is 81.8 Å². The van der Waals surface area contributed by atoms with Crippen LogP contribution < -0.4 is 15.5 Å². The molecule has 1 aliphatic carbocycles. The summed E-state index contributed by atoms with van der Waals surface area (Å²) in [5.41, 5.74) is 6.52. The van der Waals surface area contributed by atoms with E-state index in [0.29, 0.717) is 68.6 Å². The molecule has 2 aromatic heterocycles. The largest absolute Gasteiger partial charge is 0.457 e. The third-order valence-electron chi connectivity index (χ3n) is 8.13. The second-order valence-corrected chi connectivity index (χ2v) is 10.5. The molecule has 4 aliphatic rings. The van der Waals surface area contributed by atoms with Crippen molar-refractivity contribution in [3.63, 3.8) is 0 Å². The molecule has 0 radical (unpaired) electrons. The molecule has 40 heavy (non-hydrogen) atoms. The van der Waals surface area contributed by atoms with Crippen LogP contribution >= 0.6 is 0 Å². The number of nitrogens with zero attached hydrogens (tertiary/aromatic N) is 7. The lowest BCUT2D eigenvalue weighted by atomic mass is 9.80. The predicted octanol–water partition coefficient (Wildman–Crippen LogP) is 2.65. The number of carbonyl (C=O) groups is 1. The van der Waals surface area contributed by atoms with E-state index in [1.807, 2.05) is 4.90 Å². The number of nitrogen functional groups attached to an aromatic ring is 1. The summed E-state index contributed by atoms with van der Waals surface area (Å²) in [4.78, 5) is 36.2. The molecular formula is C25H30F3N9O3. The minimum Gasteiger partial charge on any atom is -0.457 e. The normalized spacial score (nSPS) is 22.3. The topological polar surface area (TPSA) is 147 Å². The van der Waals surface area contributed by atoms with Gasteiger partial charge >= 0.3 is 6.18 Å². The Balaban J connectivity index is 1.28. The van der Waals surface area contributed by atoms with Gasteiger partial charge in [-0.3, -0.25) is 15.1 Å². The maximum absolute atomic E-state index is 13.9. The molecule has 1 atom stereocenters. The van der Waals surface area contributed by atoms with Gasteiger partial charge in [0, 0.05) is 19.6 Å². The Bertz CT molecular complexity index is 1290. The lowest BCUT2D eigenvalue weighted by Gasteiger charge is -2.27. The minimum absolute atomic E-state index is 0.0578. The van der Waals surface area contributed by atoms with Gasteiger partial charge in [0.25, 0.3) is 6.02 Å². The van der Waals surface area contributed by atoms with Crippen molar-refractivity contribution in [3.8, 4) is 0 Å². The lowest BCUT2D eigenvalue weighted by Crippen LogP contribution is -2.45. The highest BCUT2D eigenvalue weighted by Crippen LogP contribution is 2.54. The van der Waals surface area contributed by atoms with Gasteiger partial charge in [-0.05, 0) is 25.7 Å². The fraction of sp³-hybridized carbons (Fsp3) is 0.600. The number of nitrogens with two attached hydrogens (primary N) is 1. The molecule has 0 aromatic carbocycles. The number of ether oxygens (including phenoxy) is 2. The summed E-state index contributed by atoms with van der Waals surface area (Å²) in [7, 11) is 0. The molecule has 1 amide bonds. The molecular weight excluding hydrogens is 531 g/mol. The van der Waals surface area contributed by atoms with Crippen LogP contribution in [0.3, 0.4) is 0 Å². The van der Waals surface area contributed by atoms with Crippen molar-refractivity contribution in [1.29, 1.82) is 5.41 Å². The maximum Gasteiger partial charge on any atom is 0.408 e. The van der Waals surface area contributed by atoms with E-state index in [9.17, 15) is 18.0 Å². The second kappa shape index (κ2) is 10.0. The molecule has 6 rings (SSSR count). The standard InChI is InChI=1S/C25H30F3N9O3/c26-25(27,28)16-4-3-7-36(16)22(30)40-14-17-33-19(29)18-20(34-17)37(21(38)24(18)5-1-2-6-24)15-12-31-23(32-13-15)35-8-10-39-11-9-35/h12-13,16,30H,1-11,14H2,(H2,29,33,34)/t16-/m1/s1. The van der Waals surface area contributed by atoms with Gasteiger partial charge in [0.2, 0.25) is 11.9 Å². The first-order chi connectivity index (χ1) is 19.2. The number of nitrogens with one attached hydrogen (secondary N) is 1. The summed E-state index contributed by atoms with van der Waals surface area (Å²) in [5, 5.41) is 8.12. The molecule has 0 unspecified atom stereocenters. The van der Waals surface area contributed by atoms with Crippen molar-refractivity contribution in [2.75, 3.05) is 48.4 Å². The lowest BCUT2D eigenvalue weighted by molar-refractivity contribution is -0.169. The first-order valence-electron chi connectivity index (χ1n) is 13.4. The van der Waals surface area contributed by atoms with Gasteiger partial charge < -0.3 is 25.0 Å². The van der Waals surface area contributed by atoms with Crippen molar-refractivity contribution < 1.29 is 27.4 Å². The molecule has 0 bridgehead atoms. The molecule has 5 heterocycles. The van der Waals surface area contributed by atoms with E-state index in [0.717, 1.165) is 17.7 Å². The predicted molar refractivity (Wildman–Crippen MR) is 137 cm³/mol. The summed E-state index contributed by atoms with van der Waals surface area (Å²) < 4.78 is 50.9. The van der Waals surface area contributed by atoms with Crippen LogP contribution in [0.4, 0.5) is 36.4 Å². The zero-order valence-corrected chi connectivity index (χ0v) is 21.8. The molecule has 2 saturated heterocycles. The van der Waals surface area contributed by atoms with E-state index in [2.05, 4.69) is 19.9 Å². The highest BCUT2D eigenvalue weighted by molar-refractivity contribution is 6.13. The number of fused-ring (bicyclic) bond motifs is 2. The second-order valence-electron chi connectivity index (χ2n) is 10.5. The van der Waals surface area contributed by atoms with E-state index >= 15 is 0 Å². The smallest absolute Gasteiger partial charge is 0.408 e. The summed E-state index contributed by atoms with van der Waals surface area (Å²) in [6.07, 6.45) is 1.80. The number of morpholine rings is 1. The Kier molecular flexibility index (Phi) is 6.63. The minimum atomic E-state index is -4.46. The van der Waals surface area contributed by atoms with Gasteiger partial charge in [-0.1, -0.05) is 12.8 Å². The van der Waals surface area contributed by atoms with Gasteiger partial charge in [0.15, 0.2) is 12.4 Å². The molecule has 2 aromatic rings. The molecule has 3 fully saturated rings. The number of alkyl halides is 3. The number of likely N-dealkylation sites (tertiary alicyclic amines) is 1. The van der Waals surface area contributed by atoms with Crippen molar-refractivity contribution in [2.24, 2.45) is 0 Å². The highest BCUT2D eigenvalue weighted by atomic mass is 19.4. The van der Waals surface area contributed by atoms with Crippen LogP contribution in [0.25, 0.3) is 0 Å². The van der Waals surface area contributed by atoms with Crippen molar-refractivity contribution >= 4 is 35.2 Å². The number of hydrogen-bond acceptors (Lipinski definition) is 10. The Hall–Kier alpha value is -3.75. The number of hydrogen-bond donors (Lipinski definition) is 2. The zero-order valence-electron chi connectivity index (χ0n) is 21.8. The SMILES string of the molecule is N=C(OCc1nc(N)c2c(n1)N(c1cnc(N3CCOCC3)nc1)C(=O)C21CCCC1)N1CCC[C@@H]1C(F)(F)F. The molecule has 1 saturated carbocycles. The number of rotatable bonds is 4. The van der Waals surface area contributed by atoms with Crippen LogP contribution in [0, 0.1) is 5.41 Å². The first kappa shape index (κ1) is 26.5. The maximum atomic E-state index is 13.9. The van der Waals surface area contributed by atoms with Crippen LogP contribution in [0.5, 0.6) is 0 Å².